The Balaban J connectivity index is 1.67. The van der Waals surface area contributed by atoms with E-state index in [2.05, 4.69) is 20.7 Å². The molecule has 0 aromatic heterocycles. The quantitative estimate of drug-likeness (QED) is 0.854. The molecule has 0 amide bonds. The molecule has 0 saturated carbocycles. The number of hydrogen-bond donors (Lipinski definition) is 1. The molecule has 2 heterocycles. The van der Waals surface area contributed by atoms with Crippen LogP contribution in [0.1, 0.15) is 24.0 Å². The van der Waals surface area contributed by atoms with Gasteiger partial charge in [0.1, 0.15) is 5.75 Å². The predicted molar refractivity (Wildman–Crippen MR) is 82.9 cm³/mol. The van der Waals surface area contributed by atoms with E-state index in [1.165, 1.54) is 0 Å². The van der Waals surface area contributed by atoms with Crippen molar-refractivity contribution < 1.29 is 17.9 Å². The van der Waals surface area contributed by atoms with Crippen molar-refractivity contribution in [2.75, 3.05) is 19.0 Å². The molecular weight excluding hydrogens is 358 g/mol. The van der Waals surface area contributed by atoms with Gasteiger partial charge in [0, 0.05) is 29.6 Å². The van der Waals surface area contributed by atoms with Gasteiger partial charge >= 0.3 is 0 Å². The van der Waals surface area contributed by atoms with Gasteiger partial charge in [0.15, 0.2) is 0 Å². The van der Waals surface area contributed by atoms with Crippen LogP contribution in [0.2, 0.25) is 0 Å². The van der Waals surface area contributed by atoms with Crippen molar-refractivity contribution in [3.8, 4) is 5.75 Å². The molecule has 7 heteroatoms. The van der Waals surface area contributed by atoms with Gasteiger partial charge in [-0.25, -0.2) is 13.1 Å². The lowest BCUT2D eigenvalue weighted by molar-refractivity contribution is 0.127. The lowest BCUT2D eigenvalue weighted by Crippen LogP contribution is -2.31. The molecule has 1 N–H and O–H groups in total. The lowest BCUT2D eigenvalue weighted by Gasteiger charge is -2.13. The van der Waals surface area contributed by atoms with Crippen LogP contribution in [0.4, 0.5) is 0 Å². The molecule has 1 saturated heterocycles. The minimum absolute atomic E-state index is 0.0318. The van der Waals surface area contributed by atoms with Gasteiger partial charge in [0.25, 0.3) is 0 Å². The van der Waals surface area contributed by atoms with Gasteiger partial charge in [0.05, 0.1) is 18.5 Å². The Morgan fingerprint density at radius 1 is 1.33 bits per heavy atom. The maximum Gasteiger partial charge on any atom is 0.214 e. The number of ether oxygens (including phenoxy) is 2. The summed E-state index contributed by atoms with van der Waals surface area (Å²) in [4.78, 5) is 0. The van der Waals surface area contributed by atoms with E-state index >= 15 is 0 Å². The highest BCUT2D eigenvalue weighted by molar-refractivity contribution is 9.10. The largest absolute Gasteiger partial charge is 0.493 e. The molecule has 0 aliphatic carbocycles. The van der Waals surface area contributed by atoms with Crippen LogP contribution in [0.3, 0.4) is 0 Å². The zero-order valence-electron chi connectivity index (χ0n) is 11.6. The summed E-state index contributed by atoms with van der Waals surface area (Å²) in [6, 6.07) is 3.92. The monoisotopic (exact) mass is 375 g/mol. The maximum atomic E-state index is 12.1. The van der Waals surface area contributed by atoms with E-state index in [0.717, 1.165) is 40.6 Å². The Hall–Kier alpha value is -0.630. The highest BCUT2D eigenvalue weighted by Crippen LogP contribution is 2.33. The molecule has 1 unspecified atom stereocenters. The molecule has 116 valence electrons. The number of hydrogen-bond acceptors (Lipinski definition) is 4. The SMILES string of the molecule is O=S(=O)(CC1CCCO1)NCc1cc(Br)cc2c1OCC2. The molecule has 0 radical (unpaired) electrons. The second kappa shape index (κ2) is 6.24. The Morgan fingerprint density at radius 3 is 2.95 bits per heavy atom. The second-order valence-corrected chi connectivity index (χ2v) is 8.16. The van der Waals surface area contributed by atoms with Gasteiger partial charge in [0.2, 0.25) is 10.0 Å². The Bertz CT molecular complexity index is 626. The van der Waals surface area contributed by atoms with Crippen molar-refractivity contribution in [3.63, 3.8) is 0 Å². The molecule has 0 bridgehead atoms. The summed E-state index contributed by atoms with van der Waals surface area (Å²) in [5.74, 6) is 0.849. The number of nitrogens with one attached hydrogen (secondary N) is 1. The number of halogens is 1. The molecule has 2 aliphatic heterocycles. The summed E-state index contributed by atoms with van der Waals surface area (Å²) in [5, 5.41) is 0. The van der Waals surface area contributed by atoms with Gasteiger partial charge in [-0.2, -0.15) is 0 Å². The highest BCUT2D eigenvalue weighted by atomic mass is 79.9. The summed E-state index contributed by atoms with van der Waals surface area (Å²) < 4.78 is 38.8. The first-order valence-corrected chi connectivity index (χ1v) is 9.51. The minimum atomic E-state index is -3.34. The van der Waals surface area contributed by atoms with Crippen molar-refractivity contribution >= 4 is 26.0 Å². The molecular formula is C14H18BrNO4S. The second-order valence-electron chi connectivity index (χ2n) is 5.39. The first-order chi connectivity index (χ1) is 10.0. The molecule has 1 atom stereocenters. The number of fused-ring (bicyclic) bond motifs is 1. The van der Waals surface area contributed by atoms with Gasteiger partial charge in [-0.15, -0.1) is 0 Å². The predicted octanol–water partition coefficient (Wildman–Crippen LogP) is 1.98. The number of rotatable bonds is 5. The summed E-state index contributed by atoms with van der Waals surface area (Å²) in [6.45, 7) is 1.56. The lowest BCUT2D eigenvalue weighted by atomic mass is 10.1. The van der Waals surface area contributed by atoms with Crippen LogP contribution in [0.5, 0.6) is 5.75 Å². The summed E-state index contributed by atoms with van der Waals surface area (Å²) >= 11 is 3.45. The van der Waals surface area contributed by atoms with Crippen LogP contribution in [-0.2, 0) is 27.7 Å². The Labute approximate surface area is 133 Å². The number of benzene rings is 1. The fraction of sp³-hybridized carbons (Fsp3) is 0.571. The van der Waals surface area contributed by atoms with Gasteiger partial charge in [-0.3, -0.25) is 0 Å². The van der Waals surface area contributed by atoms with E-state index in [1.807, 2.05) is 12.1 Å². The zero-order valence-corrected chi connectivity index (χ0v) is 14.0. The summed E-state index contributed by atoms with van der Waals surface area (Å²) in [5.41, 5.74) is 1.99. The van der Waals surface area contributed by atoms with Crippen LogP contribution >= 0.6 is 15.9 Å². The maximum absolute atomic E-state index is 12.1. The van der Waals surface area contributed by atoms with E-state index in [0.29, 0.717) is 13.2 Å². The fourth-order valence-corrected chi connectivity index (χ4v) is 4.54. The highest BCUT2D eigenvalue weighted by Gasteiger charge is 2.24. The van der Waals surface area contributed by atoms with Crippen molar-refractivity contribution in [2.24, 2.45) is 0 Å². The van der Waals surface area contributed by atoms with E-state index < -0.39 is 10.0 Å². The minimum Gasteiger partial charge on any atom is -0.493 e. The van der Waals surface area contributed by atoms with Crippen LogP contribution in [-0.4, -0.2) is 33.5 Å². The van der Waals surface area contributed by atoms with Crippen molar-refractivity contribution in [3.05, 3.63) is 27.7 Å². The standard InChI is InChI=1S/C14H18BrNO4S/c15-12-6-10-3-5-20-14(10)11(7-12)8-16-21(17,18)9-13-2-1-4-19-13/h6-7,13,16H,1-5,8-9H2. The van der Waals surface area contributed by atoms with E-state index in [-0.39, 0.29) is 18.4 Å². The molecule has 0 spiro atoms. The van der Waals surface area contributed by atoms with Crippen LogP contribution in [0, 0.1) is 0 Å². The third-order valence-electron chi connectivity index (χ3n) is 3.74. The first-order valence-electron chi connectivity index (χ1n) is 7.06. The average molecular weight is 376 g/mol. The smallest absolute Gasteiger partial charge is 0.214 e. The Morgan fingerprint density at radius 2 is 2.19 bits per heavy atom. The molecule has 1 fully saturated rings. The topological polar surface area (TPSA) is 64.6 Å². The van der Waals surface area contributed by atoms with Crippen LogP contribution in [0.25, 0.3) is 0 Å². The molecule has 21 heavy (non-hydrogen) atoms. The third-order valence-corrected chi connectivity index (χ3v) is 5.59. The van der Waals surface area contributed by atoms with Gasteiger partial charge in [-0.1, -0.05) is 15.9 Å². The average Bonchev–Trinajstić information content (AvgIpc) is 3.06. The summed E-state index contributed by atoms with van der Waals surface area (Å²) in [6.07, 6.45) is 2.44. The first kappa shape index (κ1) is 15.3. The normalized spacial score (nSPS) is 21.3. The summed E-state index contributed by atoms with van der Waals surface area (Å²) in [7, 11) is -3.34. The van der Waals surface area contributed by atoms with E-state index in [9.17, 15) is 8.42 Å². The molecule has 3 rings (SSSR count). The molecule has 2 aliphatic rings. The van der Waals surface area contributed by atoms with Gasteiger partial charge < -0.3 is 9.47 Å². The number of sulfonamides is 1. The van der Waals surface area contributed by atoms with Crippen LogP contribution < -0.4 is 9.46 Å². The van der Waals surface area contributed by atoms with Gasteiger partial charge in [-0.05, 0) is 30.5 Å². The van der Waals surface area contributed by atoms with E-state index in [1.54, 1.807) is 0 Å². The molecule has 5 nitrogen and oxygen atoms in total. The molecule has 1 aromatic carbocycles. The zero-order chi connectivity index (χ0) is 14.9. The van der Waals surface area contributed by atoms with Crippen LogP contribution in [0.15, 0.2) is 16.6 Å². The fourth-order valence-electron chi connectivity index (χ4n) is 2.74. The van der Waals surface area contributed by atoms with E-state index in [4.69, 9.17) is 9.47 Å². The van der Waals surface area contributed by atoms with Crippen molar-refractivity contribution in [1.29, 1.82) is 0 Å². The van der Waals surface area contributed by atoms with Crippen molar-refractivity contribution in [2.45, 2.75) is 31.9 Å². The van der Waals surface area contributed by atoms with Crippen molar-refractivity contribution in [1.82, 2.24) is 4.72 Å². The third kappa shape index (κ3) is 3.77. The Kier molecular flexibility index (Phi) is 4.54. The molecule has 1 aromatic rings.